The molecular weight excluding hydrogens is 202 g/mol. The Balaban J connectivity index is 2.86. The summed E-state index contributed by atoms with van der Waals surface area (Å²) < 4.78 is 1.46. The molecule has 2 aromatic heterocycles. The molecule has 0 bridgehead atoms. The molecule has 0 amide bonds. The van der Waals surface area contributed by atoms with Crippen LogP contribution in [-0.2, 0) is 5.41 Å². The minimum Gasteiger partial charge on any atom is -0.396 e. The second kappa shape index (κ2) is 3.33. The first-order chi connectivity index (χ1) is 7.39. The van der Waals surface area contributed by atoms with Crippen molar-refractivity contribution in [1.82, 2.24) is 9.38 Å². The van der Waals surface area contributed by atoms with E-state index in [1.54, 1.807) is 24.4 Å². The van der Waals surface area contributed by atoms with Crippen LogP contribution >= 0.6 is 0 Å². The Morgan fingerprint density at radius 3 is 2.69 bits per heavy atom. The fraction of sp³-hybridized carbons (Fsp3) is 0.333. The second-order valence-electron chi connectivity index (χ2n) is 4.89. The molecule has 0 atom stereocenters. The molecule has 0 aliphatic heterocycles. The van der Waals surface area contributed by atoms with E-state index in [2.05, 4.69) is 4.98 Å². The van der Waals surface area contributed by atoms with Gasteiger partial charge < -0.3 is 5.73 Å². The Bertz CT molecular complexity index is 593. The molecule has 2 heterocycles. The fourth-order valence-corrected chi connectivity index (χ4v) is 1.53. The van der Waals surface area contributed by atoms with Crippen LogP contribution < -0.4 is 11.3 Å². The van der Waals surface area contributed by atoms with Gasteiger partial charge in [-0.1, -0.05) is 20.8 Å². The lowest BCUT2D eigenvalue weighted by Crippen LogP contribution is -2.22. The largest absolute Gasteiger partial charge is 0.396 e. The minimum atomic E-state index is -0.157. The van der Waals surface area contributed by atoms with Crippen LogP contribution in [0.25, 0.3) is 5.65 Å². The zero-order valence-corrected chi connectivity index (χ0v) is 9.69. The molecule has 4 heteroatoms. The number of pyridine rings is 1. The van der Waals surface area contributed by atoms with Gasteiger partial charge in [-0.3, -0.25) is 9.20 Å². The highest BCUT2D eigenvalue weighted by atomic mass is 16.1. The van der Waals surface area contributed by atoms with Gasteiger partial charge in [0.05, 0.1) is 11.4 Å². The summed E-state index contributed by atoms with van der Waals surface area (Å²) >= 11 is 0. The summed E-state index contributed by atoms with van der Waals surface area (Å²) in [5.74, 6) is 0. The van der Waals surface area contributed by atoms with E-state index in [9.17, 15) is 4.79 Å². The van der Waals surface area contributed by atoms with Gasteiger partial charge in [-0.05, 0) is 12.1 Å². The molecule has 0 saturated carbocycles. The van der Waals surface area contributed by atoms with Crippen LogP contribution in [0.5, 0.6) is 0 Å². The molecule has 16 heavy (non-hydrogen) atoms. The standard InChI is InChI=1S/C12H15N3O/c1-12(2,3)9-7-10(16)15-6-4-5-8(13)11(15)14-9/h4-7H,13H2,1-3H3. The topological polar surface area (TPSA) is 60.4 Å². The number of nitrogens with zero attached hydrogens (tertiary/aromatic N) is 2. The predicted octanol–water partition coefficient (Wildman–Crippen LogP) is 1.57. The number of aromatic nitrogens is 2. The van der Waals surface area contributed by atoms with Crippen molar-refractivity contribution in [3.63, 3.8) is 0 Å². The van der Waals surface area contributed by atoms with Gasteiger partial charge in [-0.15, -0.1) is 0 Å². The van der Waals surface area contributed by atoms with Crippen LogP contribution in [-0.4, -0.2) is 9.38 Å². The first-order valence-electron chi connectivity index (χ1n) is 5.18. The van der Waals surface area contributed by atoms with Gasteiger partial charge in [-0.2, -0.15) is 0 Å². The molecule has 0 fully saturated rings. The van der Waals surface area contributed by atoms with Gasteiger partial charge >= 0.3 is 0 Å². The number of fused-ring (bicyclic) bond motifs is 1. The Kier molecular flexibility index (Phi) is 2.22. The molecule has 0 aromatic carbocycles. The summed E-state index contributed by atoms with van der Waals surface area (Å²) in [5.41, 5.74) is 7.37. The summed E-state index contributed by atoms with van der Waals surface area (Å²) in [6.45, 7) is 6.05. The number of nitrogens with two attached hydrogens (primary N) is 1. The molecule has 84 valence electrons. The molecule has 0 unspecified atom stereocenters. The summed E-state index contributed by atoms with van der Waals surface area (Å²) in [6, 6.07) is 5.04. The lowest BCUT2D eigenvalue weighted by molar-refractivity contribution is 0.567. The highest BCUT2D eigenvalue weighted by Gasteiger charge is 2.17. The van der Waals surface area contributed by atoms with Crippen LogP contribution in [0.2, 0.25) is 0 Å². The van der Waals surface area contributed by atoms with Gasteiger partial charge in [0.2, 0.25) is 0 Å². The van der Waals surface area contributed by atoms with Crippen LogP contribution in [0, 0.1) is 0 Å². The van der Waals surface area contributed by atoms with E-state index in [0.717, 1.165) is 5.69 Å². The zero-order chi connectivity index (χ0) is 11.9. The summed E-state index contributed by atoms with van der Waals surface area (Å²) in [5, 5.41) is 0. The number of hydrogen-bond donors (Lipinski definition) is 1. The third-order valence-electron chi connectivity index (χ3n) is 2.49. The van der Waals surface area contributed by atoms with Gasteiger partial charge in [0.15, 0.2) is 5.65 Å². The maximum atomic E-state index is 11.9. The first kappa shape index (κ1) is 10.7. The van der Waals surface area contributed by atoms with E-state index in [1.807, 2.05) is 20.8 Å². The van der Waals surface area contributed by atoms with Gasteiger partial charge in [0.25, 0.3) is 5.56 Å². The SMILES string of the molecule is CC(C)(C)c1cc(=O)n2cccc(N)c2n1. The Morgan fingerprint density at radius 2 is 2.06 bits per heavy atom. The molecule has 0 spiro atoms. The van der Waals surface area contributed by atoms with Crippen LogP contribution in [0.1, 0.15) is 26.5 Å². The average Bonchev–Trinajstić information content (AvgIpc) is 2.18. The van der Waals surface area contributed by atoms with Crippen LogP contribution in [0.15, 0.2) is 29.2 Å². The highest BCUT2D eigenvalue weighted by molar-refractivity contribution is 5.64. The molecule has 2 aromatic rings. The van der Waals surface area contributed by atoms with Gasteiger partial charge in [-0.25, -0.2) is 4.98 Å². The zero-order valence-electron chi connectivity index (χ0n) is 9.69. The van der Waals surface area contributed by atoms with Crippen LogP contribution in [0.4, 0.5) is 5.69 Å². The second-order valence-corrected chi connectivity index (χ2v) is 4.89. The van der Waals surface area contributed by atoms with E-state index in [-0.39, 0.29) is 11.0 Å². The van der Waals surface area contributed by atoms with Crippen molar-refractivity contribution in [2.75, 3.05) is 5.73 Å². The Labute approximate surface area is 93.7 Å². The van der Waals surface area contributed by atoms with Crippen molar-refractivity contribution in [3.05, 3.63) is 40.4 Å². The molecule has 4 nitrogen and oxygen atoms in total. The number of hydrogen-bond acceptors (Lipinski definition) is 3. The smallest absolute Gasteiger partial charge is 0.258 e. The molecule has 2 rings (SSSR count). The summed E-state index contributed by atoms with van der Waals surface area (Å²) in [7, 11) is 0. The van der Waals surface area contributed by atoms with Crippen molar-refractivity contribution < 1.29 is 0 Å². The average molecular weight is 217 g/mol. The normalized spacial score (nSPS) is 11.9. The van der Waals surface area contributed by atoms with E-state index in [1.165, 1.54) is 4.40 Å². The lowest BCUT2D eigenvalue weighted by Gasteiger charge is -2.18. The molecule has 0 saturated heterocycles. The highest BCUT2D eigenvalue weighted by Crippen LogP contribution is 2.20. The summed E-state index contributed by atoms with van der Waals surface area (Å²) in [6.07, 6.45) is 1.67. The van der Waals surface area contributed by atoms with Crippen molar-refractivity contribution in [2.45, 2.75) is 26.2 Å². The fourth-order valence-electron chi connectivity index (χ4n) is 1.53. The molecule has 0 radical (unpaired) electrons. The maximum Gasteiger partial charge on any atom is 0.258 e. The number of nitrogen functional groups attached to an aromatic ring is 1. The third-order valence-corrected chi connectivity index (χ3v) is 2.49. The van der Waals surface area contributed by atoms with Crippen molar-refractivity contribution >= 4 is 11.3 Å². The minimum absolute atomic E-state index is 0.0952. The Hall–Kier alpha value is -1.84. The first-order valence-corrected chi connectivity index (χ1v) is 5.18. The van der Waals surface area contributed by atoms with Crippen molar-refractivity contribution in [3.8, 4) is 0 Å². The van der Waals surface area contributed by atoms with Crippen LogP contribution in [0.3, 0.4) is 0 Å². The number of rotatable bonds is 0. The Morgan fingerprint density at radius 1 is 1.38 bits per heavy atom. The maximum absolute atomic E-state index is 11.9. The van der Waals surface area contributed by atoms with Crippen molar-refractivity contribution in [2.24, 2.45) is 0 Å². The molecule has 2 N–H and O–H groups in total. The monoisotopic (exact) mass is 217 g/mol. The van der Waals surface area contributed by atoms with Gasteiger partial charge in [0.1, 0.15) is 0 Å². The van der Waals surface area contributed by atoms with E-state index < -0.39 is 0 Å². The summed E-state index contributed by atoms with van der Waals surface area (Å²) in [4.78, 5) is 16.3. The lowest BCUT2D eigenvalue weighted by atomic mass is 9.92. The number of anilines is 1. The van der Waals surface area contributed by atoms with E-state index >= 15 is 0 Å². The predicted molar refractivity (Wildman–Crippen MR) is 64.6 cm³/mol. The quantitative estimate of drug-likeness (QED) is 0.728. The molecular formula is C12H15N3O. The van der Waals surface area contributed by atoms with E-state index in [0.29, 0.717) is 11.3 Å². The van der Waals surface area contributed by atoms with Crippen molar-refractivity contribution in [1.29, 1.82) is 0 Å². The molecule has 0 aliphatic carbocycles. The third kappa shape index (κ3) is 1.66. The van der Waals surface area contributed by atoms with Gasteiger partial charge in [0, 0.05) is 17.7 Å². The van der Waals surface area contributed by atoms with E-state index in [4.69, 9.17) is 5.73 Å². The molecule has 0 aliphatic rings.